The van der Waals surface area contributed by atoms with Gasteiger partial charge in [0.2, 0.25) is 5.95 Å². The van der Waals surface area contributed by atoms with Gasteiger partial charge in [0, 0.05) is 23.3 Å². The van der Waals surface area contributed by atoms with Gasteiger partial charge >= 0.3 is 0 Å². The van der Waals surface area contributed by atoms with E-state index in [1.165, 1.54) is 16.1 Å². The molecule has 148 valence electrons. The minimum Gasteiger partial charge on any atom is -0.379 e. The Labute approximate surface area is 172 Å². The predicted molar refractivity (Wildman–Crippen MR) is 116 cm³/mol. The minimum absolute atomic E-state index is 0.217. The van der Waals surface area contributed by atoms with Gasteiger partial charge < -0.3 is 10.6 Å². The molecule has 0 fully saturated rings. The number of aromatic amines is 1. The molecule has 4 rings (SSSR count). The number of anilines is 2. The standard InChI is InChI=1S/C21H21ClN6O/c1-13-7-8-18(14(2)9-13)23-12-16-10-19(29)28-21(25-16)26-20(27-28)24-11-15-5-3-4-6-17(15)22/h3-10,23H,11-12H2,1-2H3,(H2,24,25,26,27). The van der Waals surface area contributed by atoms with Crippen LogP contribution >= 0.6 is 11.6 Å². The van der Waals surface area contributed by atoms with Crippen LogP contribution in [0.1, 0.15) is 22.4 Å². The summed E-state index contributed by atoms with van der Waals surface area (Å²) in [6, 6.07) is 15.2. The van der Waals surface area contributed by atoms with E-state index in [4.69, 9.17) is 11.6 Å². The minimum atomic E-state index is -0.217. The summed E-state index contributed by atoms with van der Waals surface area (Å²) in [5.41, 5.74) is 4.72. The Hall–Kier alpha value is -3.32. The highest BCUT2D eigenvalue weighted by Crippen LogP contribution is 2.17. The van der Waals surface area contributed by atoms with E-state index in [1.807, 2.05) is 43.3 Å². The van der Waals surface area contributed by atoms with Crippen LogP contribution < -0.4 is 16.2 Å². The molecule has 8 heteroatoms. The Kier molecular flexibility index (Phi) is 5.22. The molecule has 2 heterocycles. The molecule has 7 nitrogen and oxygen atoms in total. The molecule has 3 N–H and O–H groups in total. The number of benzene rings is 2. The van der Waals surface area contributed by atoms with E-state index in [9.17, 15) is 4.79 Å². The second-order valence-electron chi connectivity index (χ2n) is 6.91. The van der Waals surface area contributed by atoms with Crippen LogP contribution in [0.15, 0.2) is 53.3 Å². The van der Waals surface area contributed by atoms with Crippen molar-refractivity contribution in [3.05, 3.63) is 86.3 Å². The lowest BCUT2D eigenvalue weighted by atomic mass is 10.1. The maximum atomic E-state index is 12.4. The molecule has 0 saturated heterocycles. The van der Waals surface area contributed by atoms with Gasteiger partial charge in [-0.25, -0.2) is 4.98 Å². The van der Waals surface area contributed by atoms with Gasteiger partial charge in [-0.05, 0) is 37.1 Å². The maximum absolute atomic E-state index is 12.4. The van der Waals surface area contributed by atoms with Gasteiger partial charge in [-0.2, -0.15) is 9.50 Å². The van der Waals surface area contributed by atoms with Crippen molar-refractivity contribution in [2.45, 2.75) is 26.9 Å². The largest absolute Gasteiger partial charge is 0.379 e. The second-order valence-corrected chi connectivity index (χ2v) is 7.32. The first-order valence-electron chi connectivity index (χ1n) is 9.27. The molecule has 0 radical (unpaired) electrons. The number of nitrogens with one attached hydrogen (secondary N) is 3. The molecule has 2 aromatic carbocycles. The number of fused-ring (bicyclic) bond motifs is 1. The van der Waals surface area contributed by atoms with Gasteiger partial charge in [-0.1, -0.05) is 47.5 Å². The van der Waals surface area contributed by atoms with Gasteiger partial charge in [0.15, 0.2) is 0 Å². The number of aryl methyl sites for hydroxylation is 2. The molecular weight excluding hydrogens is 388 g/mol. The zero-order valence-corrected chi connectivity index (χ0v) is 16.9. The normalized spacial score (nSPS) is 11.0. The lowest BCUT2D eigenvalue weighted by Crippen LogP contribution is -2.17. The van der Waals surface area contributed by atoms with E-state index in [0.29, 0.717) is 35.5 Å². The molecule has 29 heavy (non-hydrogen) atoms. The molecule has 0 atom stereocenters. The molecule has 0 amide bonds. The lowest BCUT2D eigenvalue weighted by molar-refractivity contribution is 0.874. The van der Waals surface area contributed by atoms with Crippen LogP contribution in [0.25, 0.3) is 5.78 Å². The van der Waals surface area contributed by atoms with Crippen LogP contribution in [-0.4, -0.2) is 19.6 Å². The molecule has 0 aliphatic carbocycles. The van der Waals surface area contributed by atoms with Crippen molar-refractivity contribution >= 4 is 29.0 Å². The highest BCUT2D eigenvalue weighted by Gasteiger charge is 2.09. The Morgan fingerprint density at radius 2 is 1.86 bits per heavy atom. The van der Waals surface area contributed by atoms with Gasteiger partial charge in [-0.15, -0.1) is 0 Å². The summed E-state index contributed by atoms with van der Waals surface area (Å²) in [5, 5.41) is 10.1. The predicted octanol–water partition coefficient (Wildman–Crippen LogP) is 3.91. The Bertz CT molecular complexity index is 1230. The Morgan fingerprint density at radius 1 is 1.03 bits per heavy atom. The van der Waals surface area contributed by atoms with Crippen LogP contribution in [0.4, 0.5) is 11.6 Å². The van der Waals surface area contributed by atoms with Crippen molar-refractivity contribution in [1.29, 1.82) is 0 Å². The molecule has 0 saturated carbocycles. The fraction of sp³-hybridized carbons (Fsp3) is 0.190. The monoisotopic (exact) mass is 408 g/mol. The summed E-state index contributed by atoms with van der Waals surface area (Å²) >= 11 is 6.18. The van der Waals surface area contributed by atoms with E-state index >= 15 is 0 Å². The zero-order valence-electron chi connectivity index (χ0n) is 16.2. The fourth-order valence-electron chi connectivity index (χ4n) is 3.12. The number of rotatable bonds is 6. The van der Waals surface area contributed by atoms with E-state index in [0.717, 1.165) is 16.8 Å². The van der Waals surface area contributed by atoms with Gasteiger partial charge in [0.25, 0.3) is 11.3 Å². The zero-order chi connectivity index (χ0) is 20.4. The van der Waals surface area contributed by atoms with Gasteiger partial charge in [0.1, 0.15) is 0 Å². The summed E-state index contributed by atoms with van der Waals surface area (Å²) < 4.78 is 1.32. The van der Waals surface area contributed by atoms with Gasteiger partial charge in [0.05, 0.1) is 12.2 Å². The lowest BCUT2D eigenvalue weighted by Gasteiger charge is -2.09. The first kappa shape index (κ1) is 19.0. The molecule has 0 unspecified atom stereocenters. The van der Waals surface area contributed by atoms with E-state index in [2.05, 4.69) is 38.7 Å². The molecule has 0 aliphatic heterocycles. The van der Waals surface area contributed by atoms with Crippen LogP contribution in [0.2, 0.25) is 5.02 Å². The van der Waals surface area contributed by atoms with Crippen molar-refractivity contribution in [1.82, 2.24) is 19.6 Å². The first-order valence-corrected chi connectivity index (χ1v) is 9.64. The van der Waals surface area contributed by atoms with Gasteiger partial charge in [-0.3, -0.25) is 9.89 Å². The number of nitrogens with zero attached hydrogens (tertiary/aromatic N) is 3. The topological polar surface area (TPSA) is 87.1 Å². The van der Waals surface area contributed by atoms with Crippen LogP contribution in [-0.2, 0) is 13.1 Å². The first-order chi connectivity index (χ1) is 14.0. The van der Waals surface area contributed by atoms with E-state index in [-0.39, 0.29) is 5.56 Å². The summed E-state index contributed by atoms with van der Waals surface area (Å²) in [4.78, 5) is 21.3. The van der Waals surface area contributed by atoms with Crippen molar-refractivity contribution in [3.63, 3.8) is 0 Å². The fourth-order valence-corrected chi connectivity index (χ4v) is 3.32. The summed E-state index contributed by atoms with van der Waals surface area (Å²) in [6.45, 7) is 5.02. The summed E-state index contributed by atoms with van der Waals surface area (Å²) in [5.74, 6) is 0.769. The van der Waals surface area contributed by atoms with E-state index < -0.39 is 0 Å². The molecule has 0 spiro atoms. The average Bonchev–Trinajstić information content (AvgIpc) is 3.10. The third kappa shape index (κ3) is 4.25. The number of aromatic nitrogens is 4. The molecule has 0 bridgehead atoms. The maximum Gasteiger partial charge on any atom is 0.274 e. The van der Waals surface area contributed by atoms with Crippen molar-refractivity contribution in [2.75, 3.05) is 10.6 Å². The highest BCUT2D eigenvalue weighted by molar-refractivity contribution is 6.31. The quantitative estimate of drug-likeness (QED) is 0.450. The Morgan fingerprint density at radius 3 is 2.66 bits per heavy atom. The third-order valence-corrected chi connectivity index (χ3v) is 5.00. The number of halogens is 1. The van der Waals surface area contributed by atoms with Crippen molar-refractivity contribution in [3.8, 4) is 0 Å². The van der Waals surface area contributed by atoms with E-state index in [1.54, 1.807) is 0 Å². The molecule has 4 aromatic rings. The van der Waals surface area contributed by atoms with Crippen LogP contribution in [0, 0.1) is 13.8 Å². The van der Waals surface area contributed by atoms with Crippen LogP contribution in [0.3, 0.4) is 0 Å². The summed E-state index contributed by atoms with van der Waals surface area (Å²) in [7, 11) is 0. The number of hydrogen-bond acceptors (Lipinski definition) is 5. The third-order valence-electron chi connectivity index (χ3n) is 4.63. The smallest absolute Gasteiger partial charge is 0.274 e. The van der Waals surface area contributed by atoms with Crippen LogP contribution in [0.5, 0.6) is 0 Å². The summed E-state index contributed by atoms with van der Waals surface area (Å²) in [6.07, 6.45) is 0. The number of hydrogen-bond donors (Lipinski definition) is 3. The second kappa shape index (κ2) is 7.97. The van der Waals surface area contributed by atoms with Crippen molar-refractivity contribution < 1.29 is 0 Å². The number of H-pyrrole nitrogens is 1. The SMILES string of the molecule is Cc1ccc(NCc2cc(=O)n3[nH]c(NCc4ccccc4Cl)nc3n2)c(C)c1. The molecular formula is C21H21ClN6O. The highest BCUT2D eigenvalue weighted by atomic mass is 35.5. The molecule has 0 aliphatic rings. The molecule has 2 aromatic heterocycles. The van der Waals surface area contributed by atoms with Crippen molar-refractivity contribution in [2.24, 2.45) is 0 Å². The Balaban J connectivity index is 1.51. The average molecular weight is 409 g/mol.